The van der Waals surface area contributed by atoms with Crippen LogP contribution in [0.25, 0.3) is 0 Å². The Morgan fingerprint density at radius 3 is 1.90 bits per heavy atom. The van der Waals surface area contributed by atoms with Gasteiger partial charge in [0.05, 0.1) is 26.8 Å². The smallest absolute Gasteiger partial charge is 0.281 e. The largest absolute Gasteiger partial charge is 0.286 e. The molecule has 0 radical (unpaired) electrons. The van der Waals surface area contributed by atoms with E-state index in [1.807, 2.05) is 4.89 Å². The fraction of sp³-hybridized carbons (Fsp3) is 1.00. The van der Waals surface area contributed by atoms with Crippen LogP contribution in [-0.4, -0.2) is 14.0 Å². The van der Waals surface area contributed by atoms with Crippen LogP contribution in [0.1, 0.15) is 20.8 Å². The Morgan fingerprint density at radius 1 is 1.40 bits per heavy atom. The molecular weight excluding hydrogens is 269 g/mol. The third-order valence-corrected chi connectivity index (χ3v) is 1.27. The summed E-state index contributed by atoms with van der Waals surface area (Å²) in [6.07, 6.45) is 0. The van der Waals surface area contributed by atoms with Gasteiger partial charge in [0.2, 0.25) is 0 Å². The van der Waals surface area contributed by atoms with Crippen LogP contribution in [0.4, 0.5) is 0 Å². The van der Waals surface area contributed by atoms with Crippen LogP contribution < -0.4 is 4.89 Å². The third kappa shape index (κ3) is 8.60. The summed E-state index contributed by atoms with van der Waals surface area (Å²) in [5.41, 5.74) is -0.488. The van der Waals surface area contributed by atoms with E-state index >= 15 is 0 Å². The molecule has 0 aliphatic heterocycles. The van der Waals surface area contributed by atoms with Gasteiger partial charge in [-0.15, -0.1) is 0 Å². The molecule has 1 N–H and O–H groups in total. The highest BCUT2D eigenvalue weighted by Crippen LogP contribution is 2.06. The van der Waals surface area contributed by atoms with Crippen molar-refractivity contribution < 1.29 is 13.3 Å². The SMILES string of the molecule is CC(C)(C)ONS(=O)(=O)I. The van der Waals surface area contributed by atoms with E-state index in [0.29, 0.717) is 0 Å². The van der Waals surface area contributed by atoms with Gasteiger partial charge in [0.1, 0.15) is 0 Å². The van der Waals surface area contributed by atoms with Gasteiger partial charge in [-0.25, -0.2) is 0 Å². The average Bonchev–Trinajstić information content (AvgIpc) is 1.57. The van der Waals surface area contributed by atoms with E-state index in [1.54, 1.807) is 20.8 Å². The van der Waals surface area contributed by atoms with Crippen molar-refractivity contribution in [3.8, 4) is 0 Å². The van der Waals surface area contributed by atoms with Gasteiger partial charge in [-0.3, -0.25) is 4.84 Å². The highest BCUT2D eigenvalue weighted by Gasteiger charge is 2.13. The summed E-state index contributed by atoms with van der Waals surface area (Å²) in [6, 6.07) is 0. The predicted octanol–water partition coefficient (Wildman–Crippen LogP) is 0.986. The first-order chi connectivity index (χ1) is 4.21. The Bertz CT molecular complexity index is 193. The molecule has 0 aromatic heterocycles. The summed E-state index contributed by atoms with van der Waals surface area (Å²) in [5, 5.41) is 0. The quantitative estimate of drug-likeness (QED) is 0.466. The molecule has 0 bridgehead atoms. The van der Waals surface area contributed by atoms with Gasteiger partial charge in [-0.2, -0.15) is 8.42 Å². The zero-order valence-corrected chi connectivity index (χ0v) is 8.98. The molecule has 0 amide bonds. The highest BCUT2D eigenvalue weighted by molar-refractivity contribution is 14.2. The van der Waals surface area contributed by atoms with Crippen molar-refractivity contribution in [3.63, 3.8) is 0 Å². The van der Waals surface area contributed by atoms with Crippen molar-refractivity contribution in [2.75, 3.05) is 0 Å². The molecule has 0 aliphatic carbocycles. The molecule has 0 fully saturated rings. The summed E-state index contributed by atoms with van der Waals surface area (Å²) < 4.78 is 20.9. The lowest BCUT2D eigenvalue weighted by molar-refractivity contribution is -0.0343. The standard InChI is InChI=1S/C4H10INO3S/c1-4(2,3)9-6-10(5,7)8/h6H,1-3H3. The van der Waals surface area contributed by atoms with E-state index in [1.165, 1.54) is 21.2 Å². The molecule has 0 rings (SSSR count). The molecule has 10 heavy (non-hydrogen) atoms. The van der Waals surface area contributed by atoms with Gasteiger partial charge in [0.15, 0.2) is 0 Å². The number of halogens is 1. The van der Waals surface area contributed by atoms with Crippen molar-refractivity contribution in [2.45, 2.75) is 26.4 Å². The maximum Gasteiger partial charge on any atom is 0.286 e. The number of rotatable bonds is 2. The molecule has 0 saturated carbocycles. The normalized spacial score (nSPS) is 13.6. The molecule has 0 unspecified atom stereocenters. The zero-order valence-electron chi connectivity index (χ0n) is 6.01. The Balaban J connectivity index is 3.79. The Labute approximate surface area is 72.9 Å². The minimum atomic E-state index is -3.26. The van der Waals surface area contributed by atoms with Gasteiger partial charge in [0.25, 0.3) is 7.19 Å². The van der Waals surface area contributed by atoms with Gasteiger partial charge < -0.3 is 0 Å². The fourth-order valence-electron chi connectivity index (χ4n) is 0.175. The maximum atomic E-state index is 10.4. The van der Waals surface area contributed by atoms with Crippen LogP contribution in [-0.2, 0) is 12.0 Å². The van der Waals surface area contributed by atoms with Gasteiger partial charge >= 0.3 is 0 Å². The van der Waals surface area contributed by atoms with Crippen molar-refractivity contribution in [3.05, 3.63) is 0 Å². The number of hydrogen-bond donors (Lipinski definition) is 1. The second kappa shape index (κ2) is 3.33. The van der Waals surface area contributed by atoms with Gasteiger partial charge in [0, 0.05) is 0 Å². The van der Waals surface area contributed by atoms with Crippen LogP contribution in [0.3, 0.4) is 0 Å². The number of hydrogen-bond acceptors (Lipinski definition) is 3. The predicted molar refractivity (Wildman–Crippen MR) is 46.9 cm³/mol. The molecule has 4 nitrogen and oxygen atoms in total. The average molecular weight is 279 g/mol. The molecule has 62 valence electrons. The molecule has 0 aliphatic rings. The summed E-state index contributed by atoms with van der Waals surface area (Å²) in [7, 11) is -3.26. The van der Waals surface area contributed by atoms with Crippen LogP contribution in [0.5, 0.6) is 0 Å². The highest BCUT2D eigenvalue weighted by atomic mass is 127. The monoisotopic (exact) mass is 279 g/mol. The summed E-state index contributed by atoms with van der Waals surface area (Å²) in [4.78, 5) is 6.67. The van der Waals surface area contributed by atoms with Crippen molar-refractivity contribution in [1.29, 1.82) is 0 Å². The molecule has 0 atom stereocenters. The van der Waals surface area contributed by atoms with E-state index < -0.39 is 12.8 Å². The van der Waals surface area contributed by atoms with Crippen molar-refractivity contribution in [1.82, 2.24) is 4.89 Å². The zero-order chi connectivity index (χ0) is 8.41. The first kappa shape index (κ1) is 10.6. The fourth-order valence-corrected chi connectivity index (χ4v) is 0.794. The van der Waals surface area contributed by atoms with Gasteiger partial charge in [-0.05, 0) is 20.8 Å². The molecular formula is C4H10INO3S. The van der Waals surface area contributed by atoms with E-state index in [2.05, 4.69) is 0 Å². The minimum absolute atomic E-state index is 0.488. The first-order valence-electron chi connectivity index (χ1n) is 2.60. The Morgan fingerprint density at radius 2 is 1.80 bits per heavy atom. The molecule has 0 aromatic rings. The second-order valence-electron chi connectivity index (χ2n) is 2.74. The lowest BCUT2D eigenvalue weighted by atomic mass is 10.2. The van der Waals surface area contributed by atoms with Crippen LogP contribution in [0.2, 0.25) is 0 Å². The van der Waals surface area contributed by atoms with E-state index in [9.17, 15) is 8.42 Å². The Kier molecular flexibility index (Phi) is 3.53. The van der Waals surface area contributed by atoms with E-state index in [-0.39, 0.29) is 0 Å². The molecule has 0 aromatic carbocycles. The molecule has 0 heterocycles. The van der Waals surface area contributed by atoms with Crippen LogP contribution >= 0.6 is 21.2 Å². The van der Waals surface area contributed by atoms with Crippen LogP contribution in [0, 0.1) is 0 Å². The lowest BCUT2D eigenvalue weighted by Crippen LogP contribution is -2.30. The second-order valence-corrected chi connectivity index (χ2v) is 7.26. The maximum absolute atomic E-state index is 10.4. The van der Waals surface area contributed by atoms with Crippen molar-refractivity contribution >= 4 is 28.4 Å². The molecule has 0 spiro atoms. The minimum Gasteiger partial charge on any atom is -0.281 e. The summed E-state index contributed by atoms with van der Waals surface area (Å²) >= 11 is 1.25. The lowest BCUT2D eigenvalue weighted by Gasteiger charge is -2.17. The van der Waals surface area contributed by atoms with Crippen molar-refractivity contribution in [2.24, 2.45) is 0 Å². The Hall–Kier alpha value is 0.600. The first-order valence-corrected chi connectivity index (χ1v) is 6.63. The molecule has 6 heteroatoms. The van der Waals surface area contributed by atoms with Crippen LogP contribution in [0.15, 0.2) is 0 Å². The van der Waals surface area contributed by atoms with E-state index in [4.69, 9.17) is 4.84 Å². The molecule has 0 saturated heterocycles. The number of nitrogens with one attached hydrogen (secondary N) is 1. The van der Waals surface area contributed by atoms with E-state index in [0.717, 1.165) is 0 Å². The summed E-state index contributed by atoms with van der Waals surface area (Å²) in [5.74, 6) is 0. The topological polar surface area (TPSA) is 55.4 Å². The third-order valence-electron chi connectivity index (χ3n) is 0.447. The van der Waals surface area contributed by atoms with Gasteiger partial charge in [-0.1, -0.05) is 4.89 Å². The summed E-state index contributed by atoms with van der Waals surface area (Å²) in [6.45, 7) is 5.26.